The second-order valence-corrected chi connectivity index (χ2v) is 13.9. The lowest BCUT2D eigenvalue weighted by Gasteiger charge is -2.18. The molecule has 4 aromatic carbocycles. The fourth-order valence-electron chi connectivity index (χ4n) is 4.80. The van der Waals surface area contributed by atoms with Crippen LogP contribution in [0.5, 0.6) is 5.75 Å². The van der Waals surface area contributed by atoms with Crippen LogP contribution in [0.1, 0.15) is 16.7 Å². The van der Waals surface area contributed by atoms with Gasteiger partial charge in [-0.15, -0.1) is 36.7 Å². The average Bonchev–Trinajstić information content (AvgIpc) is 3.47. The minimum Gasteiger partial charge on any atom is -0.405 e. The molecule has 6 rings (SSSR count). The largest absolute Gasteiger partial charge is 0.573 e. The predicted octanol–water partition coefficient (Wildman–Crippen LogP) is 6.96. The molecule has 4 amide bonds. The number of aryl methyl sites for hydroxylation is 1. The van der Waals surface area contributed by atoms with E-state index in [4.69, 9.17) is 23.2 Å². The fraction of sp³-hybridized carbons (Fsp3) is 0.176. The molecule has 16 heteroatoms. The molecule has 0 aromatic heterocycles. The molecule has 2 heterocycles. The number of hydrogen-bond acceptors (Lipinski definition) is 7. The lowest BCUT2D eigenvalue weighted by atomic mass is 10.1. The number of nitrogens with one attached hydrogen (secondary N) is 2. The number of rotatable bonds is 9. The third kappa shape index (κ3) is 9.44. The zero-order valence-electron chi connectivity index (χ0n) is 25.9. The van der Waals surface area contributed by atoms with Gasteiger partial charge < -0.3 is 4.74 Å². The Bertz CT molecular complexity index is 1920. The Labute approximate surface area is 303 Å². The Hall–Kier alpha value is -4.37. The number of benzene rings is 4. The number of halogens is 5. The summed E-state index contributed by atoms with van der Waals surface area (Å²) in [4.78, 5) is 50.6. The van der Waals surface area contributed by atoms with Gasteiger partial charge in [0.2, 0.25) is 0 Å². The first-order chi connectivity index (χ1) is 23.8. The number of hydrogen-bond donors (Lipinski definition) is 2. The van der Waals surface area contributed by atoms with Gasteiger partial charge in [-0.1, -0.05) is 95.5 Å². The molecule has 0 radical (unpaired) electrons. The summed E-state index contributed by atoms with van der Waals surface area (Å²) >= 11 is 14.3. The van der Waals surface area contributed by atoms with E-state index in [1.807, 2.05) is 43.3 Å². The van der Waals surface area contributed by atoms with Gasteiger partial charge in [-0.3, -0.25) is 30.0 Å². The Balaban J connectivity index is 0.000000197. The summed E-state index contributed by atoms with van der Waals surface area (Å²) in [6, 6.07) is 27.2. The van der Waals surface area contributed by atoms with Crippen molar-refractivity contribution in [1.82, 2.24) is 20.9 Å². The molecule has 0 spiro atoms. The molecule has 2 saturated heterocycles. The van der Waals surface area contributed by atoms with Crippen molar-refractivity contribution in [1.29, 1.82) is 0 Å². The topological polar surface area (TPSA) is 108 Å². The van der Waals surface area contributed by atoms with Gasteiger partial charge in [0.1, 0.15) is 5.75 Å². The molecule has 2 fully saturated rings. The Morgan fingerprint density at radius 2 is 1.20 bits per heavy atom. The van der Waals surface area contributed by atoms with Crippen LogP contribution in [0.3, 0.4) is 0 Å². The summed E-state index contributed by atoms with van der Waals surface area (Å²) in [5.41, 5.74) is 7.21. The summed E-state index contributed by atoms with van der Waals surface area (Å²) in [7, 11) is 0. The molecule has 2 aliphatic heterocycles. The van der Waals surface area contributed by atoms with E-state index in [-0.39, 0.29) is 23.9 Å². The minimum atomic E-state index is -4.86. The monoisotopic (exact) mass is 762 g/mol. The molecule has 0 saturated carbocycles. The predicted molar refractivity (Wildman–Crippen MR) is 184 cm³/mol. The summed E-state index contributed by atoms with van der Waals surface area (Å²) < 4.78 is 41.6. The van der Waals surface area contributed by atoms with Gasteiger partial charge in [-0.2, -0.15) is 0 Å². The van der Waals surface area contributed by atoms with Gasteiger partial charge in [0.15, 0.2) is 10.5 Å². The molecule has 4 aromatic rings. The molecule has 0 bridgehead atoms. The molecule has 9 nitrogen and oxygen atoms in total. The lowest BCUT2D eigenvalue weighted by Crippen LogP contribution is -2.35. The number of carbonyl (C=O) groups excluding carboxylic acids is 4. The summed E-state index contributed by atoms with van der Waals surface area (Å²) in [5, 5.41) is 1.38. The maximum Gasteiger partial charge on any atom is 0.573 e. The van der Waals surface area contributed by atoms with E-state index >= 15 is 0 Å². The molecule has 2 N–H and O–H groups in total. The first kappa shape index (κ1) is 36.9. The normalized spacial score (nSPS) is 17.3. The van der Waals surface area contributed by atoms with Gasteiger partial charge in [0.25, 0.3) is 23.6 Å². The van der Waals surface area contributed by atoms with Crippen LogP contribution in [0.15, 0.2) is 107 Å². The van der Waals surface area contributed by atoms with Crippen molar-refractivity contribution in [3.63, 3.8) is 0 Å². The van der Waals surface area contributed by atoms with Crippen LogP contribution >= 0.6 is 46.7 Å². The fourth-order valence-corrected chi connectivity index (χ4v) is 7.30. The van der Waals surface area contributed by atoms with Gasteiger partial charge in [-0.05, 0) is 42.8 Å². The highest BCUT2D eigenvalue weighted by molar-refractivity contribution is 8.01. The van der Waals surface area contributed by atoms with Crippen molar-refractivity contribution >= 4 is 70.4 Å². The first-order valence-electron chi connectivity index (χ1n) is 14.7. The second-order valence-electron chi connectivity index (χ2n) is 10.8. The molecule has 260 valence electrons. The van der Waals surface area contributed by atoms with Crippen molar-refractivity contribution in [3.8, 4) is 5.75 Å². The first-order valence-corrected chi connectivity index (χ1v) is 17.3. The van der Waals surface area contributed by atoms with E-state index in [9.17, 15) is 32.3 Å². The molecule has 0 aliphatic carbocycles. The van der Waals surface area contributed by atoms with Crippen LogP contribution in [0.4, 0.5) is 13.2 Å². The maximum atomic E-state index is 12.5. The standard InChI is InChI=1S/C17H12ClF3N2O3S.C17H15ClN2O2S/c18-11-6-2-4-8-13(11)27-14-15(24)22-23(16(14)25)9-10-5-1-3-7-12(10)26-17(19,20)21;1-11-5-4-6-12(9-11)10-20-17(22)15(16(21)19-20)23-14-8-3-2-7-13(14)18/h1-8,14H,9H2,(H,22,24);2-9,15H,10H2,1H3,(H,19,21). The third-order valence-corrected chi connectivity index (χ3v) is 10.5. The van der Waals surface area contributed by atoms with E-state index in [0.717, 1.165) is 38.9 Å². The quantitative estimate of drug-likeness (QED) is 0.178. The van der Waals surface area contributed by atoms with Crippen molar-refractivity contribution in [2.45, 2.75) is 46.7 Å². The maximum absolute atomic E-state index is 12.5. The third-order valence-electron chi connectivity index (χ3n) is 7.06. The number of para-hydroxylation sites is 1. The Kier molecular flexibility index (Phi) is 11.9. The van der Waals surface area contributed by atoms with E-state index in [2.05, 4.69) is 15.6 Å². The number of nitrogens with zero attached hydrogens (tertiary/aromatic N) is 2. The average molecular weight is 764 g/mol. The van der Waals surface area contributed by atoms with Crippen LogP contribution in [-0.2, 0) is 32.3 Å². The number of hydrazine groups is 2. The SMILES string of the molecule is Cc1cccc(CN2NC(=O)C(Sc3ccccc3Cl)C2=O)c1.O=C1NN(Cc2ccccc2OC(F)(F)F)C(=O)C1Sc1ccccc1Cl. The van der Waals surface area contributed by atoms with Gasteiger partial charge in [-0.25, -0.2) is 10.0 Å². The number of carbonyl (C=O) groups is 4. The summed E-state index contributed by atoms with van der Waals surface area (Å²) in [6.45, 7) is 2.08. The highest BCUT2D eigenvalue weighted by Crippen LogP contribution is 2.35. The Morgan fingerprint density at radius 1 is 0.700 bits per heavy atom. The zero-order valence-corrected chi connectivity index (χ0v) is 29.1. The lowest BCUT2D eigenvalue weighted by molar-refractivity contribution is -0.275. The van der Waals surface area contributed by atoms with Crippen LogP contribution < -0.4 is 15.6 Å². The van der Waals surface area contributed by atoms with Crippen molar-refractivity contribution in [2.75, 3.05) is 0 Å². The second kappa shape index (κ2) is 16.1. The van der Waals surface area contributed by atoms with Gasteiger partial charge in [0, 0.05) is 15.4 Å². The minimum absolute atomic E-state index is 0.104. The molecular weight excluding hydrogens is 736 g/mol. The molecule has 2 atom stereocenters. The summed E-state index contributed by atoms with van der Waals surface area (Å²) in [5.74, 6) is -2.14. The van der Waals surface area contributed by atoms with Crippen LogP contribution in [0.2, 0.25) is 10.0 Å². The molecule has 2 unspecified atom stereocenters. The van der Waals surface area contributed by atoms with Crippen LogP contribution in [-0.4, -0.2) is 50.5 Å². The highest BCUT2D eigenvalue weighted by atomic mass is 35.5. The number of alkyl halides is 3. The van der Waals surface area contributed by atoms with Crippen LogP contribution in [0, 0.1) is 6.92 Å². The van der Waals surface area contributed by atoms with Crippen molar-refractivity contribution in [3.05, 3.63) is 124 Å². The van der Waals surface area contributed by atoms with Gasteiger partial charge in [0.05, 0.1) is 23.1 Å². The number of amides is 4. The Morgan fingerprint density at radius 3 is 1.72 bits per heavy atom. The van der Waals surface area contributed by atoms with E-state index in [1.54, 1.807) is 36.4 Å². The van der Waals surface area contributed by atoms with Gasteiger partial charge >= 0.3 is 6.36 Å². The van der Waals surface area contributed by atoms with Crippen LogP contribution in [0.25, 0.3) is 0 Å². The zero-order chi connectivity index (χ0) is 36.0. The highest BCUT2D eigenvalue weighted by Gasteiger charge is 2.42. The van der Waals surface area contributed by atoms with Crippen molar-refractivity contribution in [2.24, 2.45) is 0 Å². The van der Waals surface area contributed by atoms with Crippen molar-refractivity contribution < 1.29 is 37.1 Å². The molecule has 2 aliphatic rings. The number of thioether (sulfide) groups is 2. The van der Waals surface area contributed by atoms with E-state index in [1.165, 1.54) is 35.0 Å². The molecule has 50 heavy (non-hydrogen) atoms. The summed E-state index contributed by atoms with van der Waals surface area (Å²) in [6.07, 6.45) is -4.86. The van der Waals surface area contributed by atoms with E-state index < -0.39 is 34.4 Å². The molecular formula is C34H27Cl2F3N4O5S2. The number of ether oxygens (including phenoxy) is 1. The van der Waals surface area contributed by atoms with E-state index in [0.29, 0.717) is 21.5 Å². The smallest absolute Gasteiger partial charge is 0.405 e.